The number of hydrogen-bond acceptors (Lipinski definition) is 2. The molecular weight excluding hydrogens is 243 g/mol. The van der Waals surface area contributed by atoms with Gasteiger partial charge < -0.3 is 16.4 Å². The molecule has 19 heavy (non-hydrogen) atoms. The lowest BCUT2D eigenvalue weighted by atomic mass is 10.3. The summed E-state index contributed by atoms with van der Waals surface area (Å²) in [7, 11) is 0. The summed E-state index contributed by atoms with van der Waals surface area (Å²) < 4.78 is 12.9. The fourth-order valence-corrected chi connectivity index (χ4v) is 1.41. The molecule has 0 aliphatic carbocycles. The zero-order valence-corrected chi connectivity index (χ0v) is 11.2. The van der Waals surface area contributed by atoms with Gasteiger partial charge in [-0.1, -0.05) is 18.2 Å². The summed E-state index contributed by atoms with van der Waals surface area (Å²) in [5.41, 5.74) is 7.41. The maximum atomic E-state index is 12.9. The van der Waals surface area contributed by atoms with Crippen LogP contribution in [0.3, 0.4) is 0 Å². The number of guanidine groups is 1. The molecule has 104 valence electrons. The maximum absolute atomic E-state index is 12.9. The lowest BCUT2D eigenvalue weighted by Crippen LogP contribution is -2.33. The van der Waals surface area contributed by atoms with Gasteiger partial charge in [0.15, 0.2) is 5.96 Å². The Labute approximate surface area is 113 Å². The third-order valence-electron chi connectivity index (χ3n) is 2.33. The molecule has 0 spiro atoms. The predicted molar refractivity (Wildman–Crippen MR) is 78.8 cm³/mol. The smallest absolute Gasteiger partial charge is 0.188 e. The molecule has 0 radical (unpaired) electrons. The van der Waals surface area contributed by atoms with Gasteiger partial charge >= 0.3 is 0 Å². The Kier molecular flexibility index (Phi) is 6.43. The van der Waals surface area contributed by atoms with Gasteiger partial charge in [0.25, 0.3) is 0 Å². The number of benzene rings is 1. The Hall–Kier alpha value is -2.04. The summed E-state index contributed by atoms with van der Waals surface area (Å²) in [6.45, 7) is 7.65. The van der Waals surface area contributed by atoms with Crippen molar-refractivity contribution in [3.8, 4) is 0 Å². The van der Waals surface area contributed by atoms with E-state index in [4.69, 9.17) is 5.73 Å². The Balaban J connectivity index is 2.14. The quantitative estimate of drug-likeness (QED) is 0.306. The molecular formula is C14H21FN4. The van der Waals surface area contributed by atoms with Crippen molar-refractivity contribution in [3.05, 3.63) is 42.2 Å². The van der Waals surface area contributed by atoms with Crippen LogP contribution in [0.15, 0.2) is 41.4 Å². The van der Waals surface area contributed by atoms with Gasteiger partial charge in [0.1, 0.15) is 5.82 Å². The van der Waals surface area contributed by atoms with Gasteiger partial charge in [-0.2, -0.15) is 0 Å². The van der Waals surface area contributed by atoms with Crippen molar-refractivity contribution in [2.45, 2.75) is 13.3 Å². The summed E-state index contributed by atoms with van der Waals surface area (Å²) >= 11 is 0. The molecule has 0 amide bonds. The molecule has 0 aliphatic rings. The zero-order valence-electron chi connectivity index (χ0n) is 11.2. The Morgan fingerprint density at radius 2 is 2.21 bits per heavy atom. The van der Waals surface area contributed by atoms with Gasteiger partial charge in [-0.25, -0.2) is 9.38 Å². The third-order valence-corrected chi connectivity index (χ3v) is 2.33. The van der Waals surface area contributed by atoms with Gasteiger partial charge in [0.2, 0.25) is 0 Å². The normalized spacial score (nSPS) is 11.2. The minimum absolute atomic E-state index is 0.237. The molecule has 0 bridgehead atoms. The van der Waals surface area contributed by atoms with Crippen LogP contribution in [0, 0.1) is 5.82 Å². The molecule has 0 fully saturated rings. The molecule has 0 unspecified atom stereocenters. The fourth-order valence-electron chi connectivity index (χ4n) is 1.41. The average molecular weight is 264 g/mol. The highest BCUT2D eigenvalue weighted by Gasteiger charge is 1.95. The van der Waals surface area contributed by atoms with Crippen molar-refractivity contribution in [3.63, 3.8) is 0 Å². The molecule has 1 rings (SSSR count). The molecule has 0 atom stereocenters. The Morgan fingerprint density at radius 1 is 1.42 bits per heavy atom. The molecule has 0 aromatic heterocycles. The summed E-state index contributed by atoms with van der Waals surface area (Å²) in [6, 6.07) is 6.40. The highest BCUT2D eigenvalue weighted by molar-refractivity contribution is 5.77. The first-order valence-electron chi connectivity index (χ1n) is 6.25. The molecule has 4 N–H and O–H groups in total. The summed E-state index contributed by atoms with van der Waals surface area (Å²) in [5, 5.41) is 6.14. The number of rotatable bonds is 7. The summed E-state index contributed by atoms with van der Waals surface area (Å²) in [5.74, 6) is 0.188. The SMILES string of the molecule is C=C(C)CN=C(N)NCCCNc1cccc(F)c1. The van der Waals surface area contributed by atoms with Crippen LogP contribution in [0.1, 0.15) is 13.3 Å². The lowest BCUT2D eigenvalue weighted by molar-refractivity contribution is 0.628. The van der Waals surface area contributed by atoms with Crippen LogP contribution in [0.25, 0.3) is 0 Å². The first-order valence-corrected chi connectivity index (χ1v) is 6.25. The van der Waals surface area contributed by atoms with Gasteiger partial charge in [-0.3, -0.25) is 0 Å². The molecule has 0 saturated carbocycles. The van der Waals surface area contributed by atoms with Crippen LogP contribution in [-0.4, -0.2) is 25.6 Å². The fraction of sp³-hybridized carbons (Fsp3) is 0.357. The van der Waals surface area contributed by atoms with Crippen molar-refractivity contribution >= 4 is 11.6 Å². The van der Waals surface area contributed by atoms with Crippen LogP contribution in [0.2, 0.25) is 0 Å². The monoisotopic (exact) mass is 264 g/mol. The van der Waals surface area contributed by atoms with E-state index in [1.54, 1.807) is 6.07 Å². The van der Waals surface area contributed by atoms with E-state index in [0.29, 0.717) is 19.0 Å². The zero-order chi connectivity index (χ0) is 14.1. The van der Waals surface area contributed by atoms with Crippen LogP contribution in [-0.2, 0) is 0 Å². The van der Waals surface area contributed by atoms with Crippen molar-refractivity contribution < 1.29 is 4.39 Å². The van der Waals surface area contributed by atoms with Crippen LogP contribution >= 0.6 is 0 Å². The van der Waals surface area contributed by atoms with Gasteiger partial charge in [0, 0.05) is 18.8 Å². The van der Waals surface area contributed by atoms with E-state index in [9.17, 15) is 4.39 Å². The van der Waals surface area contributed by atoms with Gasteiger partial charge in [-0.05, 0) is 31.5 Å². The minimum atomic E-state index is -0.237. The maximum Gasteiger partial charge on any atom is 0.188 e. The number of nitrogens with two attached hydrogens (primary N) is 1. The Bertz CT molecular complexity index is 443. The van der Waals surface area contributed by atoms with Gasteiger partial charge in [-0.15, -0.1) is 0 Å². The predicted octanol–water partition coefficient (Wildman–Crippen LogP) is 2.11. The van der Waals surface area contributed by atoms with E-state index in [-0.39, 0.29) is 5.82 Å². The first kappa shape index (κ1) is 15.0. The average Bonchev–Trinajstić information content (AvgIpc) is 2.36. The molecule has 0 aliphatic heterocycles. The number of nitrogens with one attached hydrogen (secondary N) is 2. The lowest BCUT2D eigenvalue weighted by Gasteiger charge is -2.08. The van der Waals surface area contributed by atoms with Crippen LogP contribution in [0.5, 0.6) is 0 Å². The summed E-state index contributed by atoms with van der Waals surface area (Å²) in [6.07, 6.45) is 0.861. The second-order valence-electron chi connectivity index (χ2n) is 4.38. The topological polar surface area (TPSA) is 62.4 Å². The molecule has 4 nitrogen and oxygen atoms in total. The van der Waals surface area contributed by atoms with Gasteiger partial charge in [0.05, 0.1) is 6.54 Å². The van der Waals surface area contributed by atoms with E-state index in [1.165, 1.54) is 12.1 Å². The Morgan fingerprint density at radius 3 is 2.89 bits per heavy atom. The second-order valence-corrected chi connectivity index (χ2v) is 4.38. The summed E-state index contributed by atoms with van der Waals surface area (Å²) in [4.78, 5) is 4.10. The first-order chi connectivity index (χ1) is 9.08. The highest BCUT2D eigenvalue weighted by Crippen LogP contribution is 2.08. The standard InChI is InChI=1S/C14H21FN4/c1-11(2)10-19-14(16)18-8-4-7-17-13-6-3-5-12(15)9-13/h3,5-6,9,17H,1,4,7-8,10H2,2H3,(H3,16,18,19). The van der Waals surface area contributed by atoms with Crippen molar-refractivity contribution in [1.29, 1.82) is 0 Å². The number of hydrogen-bond donors (Lipinski definition) is 3. The molecule has 0 heterocycles. The largest absolute Gasteiger partial charge is 0.385 e. The van der Waals surface area contributed by atoms with E-state index in [1.807, 2.05) is 13.0 Å². The van der Waals surface area contributed by atoms with Crippen molar-refractivity contribution in [2.24, 2.45) is 10.7 Å². The van der Waals surface area contributed by atoms with E-state index < -0.39 is 0 Å². The highest BCUT2D eigenvalue weighted by atomic mass is 19.1. The molecule has 1 aromatic rings. The minimum Gasteiger partial charge on any atom is -0.385 e. The third kappa shape index (κ3) is 7.08. The number of aliphatic imine (C=N–C) groups is 1. The van der Waals surface area contributed by atoms with Crippen LogP contribution in [0.4, 0.5) is 10.1 Å². The number of nitrogens with zero attached hydrogens (tertiary/aromatic N) is 1. The van der Waals surface area contributed by atoms with E-state index in [0.717, 1.165) is 24.2 Å². The van der Waals surface area contributed by atoms with Crippen molar-refractivity contribution in [1.82, 2.24) is 5.32 Å². The van der Waals surface area contributed by atoms with E-state index >= 15 is 0 Å². The van der Waals surface area contributed by atoms with Crippen LogP contribution < -0.4 is 16.4 Å². The molecule has 5 heteroatoms. The molecule has 1 aromatic carbocycles. The van der Waals surface area contributed by atoms with E-state index in [2.05, 4.69) is 22.2 Å². The second kappa shape index (κ2) is 8.13. The molecule has 0 saturated heterocycles. The van der Waals surface area contributed by atoms with Crippen molar-refractivity contribution in [2.75, 3.05) is 25.0 Å². The number of halogens is 1. The number of anilines is 1.